The lowest BCUT2D eigenvalue weighted by atomic mass is 9.86. The molecule has 0 aliphatic rings. The van der Waals surface area contributed by atoms with E-state index in [-0.39, 0.29) is 17.2 Å². The van der Waals surface area contributed by atoms with E-state index in [1.807, 2.05) is 73.8 Å². The molecular formula is C25H35N3O2S. The predicted molar refractivity (Wildman–Crippen MR) is 132 cm³/mol. The fraction of sp³-hybridized carbons (Fsp3) is 0.440. The van der Waals surface area contributed by atoms with E-state index in [9.17, 15) is 9.59 Å². The molecule has 0 aliphatic heterocycles. The third-order valence-electron chi connectivity index (χ3n) is 5.17. The highest BCUT2D eigenvalue weighted by atomic mass is 32.2. The topological polar surface area (TPSA) is 61.4 Å². The van der Waals surface area contributed by atoms with Crippen LogP contribution in [0.2, 0.25) is 0 Å². The third-order valence-corrected chi connectivity index (χ3v) is 5.81. The van der Waals surface area contributed by atoms with Gasteiger partial charge in [0.2, 0.25) is 5.91 Å². The van der Waals surface area contributed by atoms with Gasteiger partial charge in [0, 0.05) is 31.9 Å². The zero-order valence-corrected chi connectivity index (χ0v) is 20.3. The monoisotopic (exact) mass is 441 g/mol. The molecule has 0 radical (unpaired) electrons. The van der Waals surface area contributed by atoms with Crippen LogP contribution in [-0.4, -0.2) is 44.0 Å². The molecule has 0 fully saturated rings. The lowest BCUT2D eigenvalue weighted by Gasteiger charge is -2.20. The first-order valence-corrected chi connectivity index (χ1v) is 12.0. The summed E-state index contributed by atoms with van der Waals surface area (Å²) in [5, 5.41) is 5.88. The average molecular weight is 442 g/mol. The average Bonchev–Trinajstić information content (AvgIpc) is 2.74. The minimum atomic E-state index is -0.566. The minimum Gasteiger partial charge on any atom is -0.378 e. The quantitative estimate of drug-likeness (QED) is 0.612. The molecule has 168 valence electrons. The van der Waals surface area contributed by atoms with Crippen LogP contribution < -0.4 is 15.5 Å². The highest BCUT2D eigenvalue weighted by Gasteiger charge is 2.21. The molecule has 6 heteroatoms. The smallest absolute Gasteiger partial charge is 0.251 e. The fourth-order valence-electron chi connectivity index (χ4n) is 3.09. The number of anilines is 1. The maximum atomic E-state index is 12.8. The molecule has 0 spiro atoms. The summed E-state index contributed by atoms with van der Waals surface area (Å²) in [6, 6.07) is 15.1. The number of hydrogen-bond acceptors (Lipinski definition) is 4. The zero-order valence-electron chi connectivity index (χ0n) is 19.5. The van der Waals surface area contributed by atoms with Crippen LogP contribution in [0.3, 0.4) is 0 Å². The SMILES string of the molecule is CSCCC(NC(=O)c1ccc(C(C)(C)C)cc1)C(=O)NCc1ccc(N(C)C)cc1. The Hall–Kier alpha value is -2.47. The van der Waals surface area contributed by atoms with Gasteiger partial charge in [0.05, 0.1) is 0 Å². The molecule has 2 aromatic rings. The molecule has 0 aliphatic carbocycles. The number of nitrogens with one attached hydrogen (secondary N) is 2. The van der Waals surface area contributed by atoms with E-state index < -0.39 is 6.04 Å². The van der Waals surface area contributed by atoms with E-state index in [4.69, 9.17) is 0 Å². The van der Waals surface area contributed by atoms with Crippen LogP contribution >= 0.6 is 11.8 Å². The first kappa shape index (κ1) is 24.8. The molecule has 1 unspecified atom stereocenters. The van der Waals surface area contributed by atoms with Crippen molar-refractivity contribution in [2.24, 2.45) is 0 Å². The Bertz CT molecular complexity index is 856. The summed E-state index contributed by atoms with van der Waals surface area (Å²) in [5.41, 5.74) is 3.89. The Kier molecular flexibility index (Phi) is 8.99. The Labute approximate surface area is 191 Å². The summed E-state index contributed by atoms with van der Waals surface area (Å²) in [6.07, 6.45) is 2.58. The maximum absolute atomic E-state index is 12.8. The number of amides is 2. The van der Waals surface area contributed by atoms with Crippen molar-refractivity contribution >= 4 is 29.3 Å². The second-order valence-electron chi connectivity index (χ2n) is 8.91. The van der Waals surface area contributed by atoms with E-state index in [2.05, 4.69) is 31.4 Å². The second-order valence-corrected chi connectivity index (χ2v) is 9.90. The van der Waals surface area contributed by atoms with Crippen molar-refractivity contribution in [1.82, 2.24) is 10.6 Å². The van der Waals surface area contributed by atoms with Crippen LogP contribution in [0, 0.1) is 0 Å². The van der Waals surface area contributed by atoms with Crippen molar-refractivity contribution in [1.29, 1.82) is 0 Å². The lowest BCUT2D eigenvalue weighted by molar-refractivity contribution is -0.123. The summed E-state index contributed by atoms with van der Waals surface area (Å²) >= 11 is 1.66. The number of rotatable bonds is 9. The molecule has 0 bridgehead atoms. The fourth-order valence-corrected chi connectivity index (χ4v) is 3.56. The van der Waals surface area contributed by atoms with Gasteiger partial charge in [0.1, 0.15) is 6.04 Å². The Balaban J connectivity index is 2.01. The zero-order chi connectivity index (χ0) is 23.0. The van der Waals surface area contributed by atoms with Crippen molar-refractivity contribution in [2.45, 2.75) is 45.2 Å². The van der Waals surface area contributed by atoms with E-state index in [0.717, 1.165) is 17.0 Å². The molecule has 0 heterocycles. The molecule has 2 aromatic carbocycles. The van der Waals surface area contributed by atoms with Crippen LogP contribution in [0.1, 0.15) is 48.7 Å². The molecule has 0 saturated carbocycles. The van der Waals surface area contributed by atoms with Gasteiger partial charge in [-0.3, -0.25) is 9.59 Å². The van der Waals surface area contributed by atoms with E-state index in [0.29, 0.717) is 18.5 Å². The van der Waals surface area contributed by atoms with E-state index in [1.165, 1.54) is 5.56 Å². The Morgan fingerprint density at radius 1 is 1.00 bits per heavy atom. The highest BCUT2D eigenvalue weighted by molar-refractivity contribution is 7.98. The van der Waals surface area contributed by atoms with Crippen molar-refractivity contribution < 1.29 is 9.59 Å². The standard InChI is InChI=1S/C25H35N3O2S/c1-25(2,3)20-11-9-19(10-12-20)23(29)27-22(15-16-31-6)24(30)26-17-18-7-13-21(14-8-18)28(4)5/h7-14,22H,15-17H2,1-6H3,(H,26,30)(H,27,29). The largest absolute Gasteiger partial charge is 0.378 e. The Morgan fingerprint density at radius 2 is 1.61 bits per heavy atom. The minimum absolute atomic E-state index is 0.0283. The van der Waals surface area contributed by atoms with Gasteiger partial charge >= 0.3 is 0 Å². The van der Waals surface area contributed by atoms with Crippen LogP contribution in [-0.2, 0) is 16.8 Å². The number of hydrogen-bond donors (Lipinski definition) is 2. The lowest BCUT2D eigenvalue weighted by Crippen LogP contribution is -2.46. The first-order chi connectivity index (χ1) is 14.6. The normalized spacial score (nSPS) is 12.2. The van der Waals surface area contributed by atoms with Gasteiger partial charge in [-0.25, -0.2) is 0 Å². The first-order valence-electron chi connectivity index (χ1n) is 10.6. The van der Waals surface area contributed by atoms with Gasteiger partial charge < -0.3 is 15.5 Å². The molecular weight excluding hydrogens is 406 g/mol. The third kappa shape index (κ3) is 7.62. The molecule has 5 nitrogen and oxygen atoms in total. The van der Waals surface area contributed by atoms with E-state index >= 15 is 0 Å². The summed E-state index contributed by atoms with van der Waals surface area (Å²) in [6.45, 7) is 6.84. The van der Waals surface area contributed by atoms with Gasteiger partial charge in [-0.1, -0.05) is 45.0 Å². The van der Waals surface area contributed by atoms with E-state index in [1.54, 1.807) is 11.8 Å². The van der Waals surface area contributed by atoms with Crippen LogP contribution in [0.15, 0.2) is 48.5 Å². The Morgan fingerprint density at radius 3 is 2.13 bits per heavy atom. The predicted octanol–water partition coefficient (Wildman–Crippen LogP) is 4.22. The number of carbonyl (C=O) groups is 2. The van der Waals surface area contributed by atoms with Crippen LogP contribution in [0.4, 0.5) is 5.69 Å². The number of benzene rings is 2. The second kappa shape index (κ2) is 11.2. The maximum Gasteiger partial charge on any atom is 0.251 e. The number of carbonyl (C=O) groups excluding carboxylic acids is 2. The van der Waals surface area contributed by atoms with Gasteiger partial charge in [-0.15, -0.1) is 0 Å². The van der Waals surface area contributed by atoms with Crippen molar-refractivity contribution in [3.05, 3.63) is 65.2 Å². The number of nitrogens with zero attached hydrogens (tertiary/aromatic N) is 1. The van der Waals surface area contributed by atoms with Crippen molar-refractivity contribution in [2.75, 3.05) is 31.0 Å². The molecule has 1 atom stereocenters. The molecule has 0 aromatic heterocycles. The van der Waals surface area contributed by atoms with Crippen LogP contribution in [0.5, 0.6) is 0 Å². The number of thioether (sulfide) groups is 1. The van der Waals surface area contributed by atoms with Gasteiger partial charge in [0.25, 0.3) is 5.91 Å². The highest BCUT2D eigenvalue weighted by Crippen LogP contribution is 2.22. The van der Waals surface area contributed by atoms with Gasteiger partial charge in [-0.05, 0) is 59.2 Å². The van der Waals surface area contributed by atoms with Crippen molar-refractivity contribution in [3.8, 4) is 0 Å². The molecule has 31 heavy (non-hydrogen) atoms. The molecule has 2 rings (SSSR count). The van der Waals surface area contributed by atoms with Gasteiger partial charge in [-0.2, -0.15) is 11.8 Å². The summed E-state index contributed by atoms with van der Waals surface area (Å²) in [5.74, 6) is 0.404. The summed E-state index contributed by atoms with van der Waals surface area (Å²) < 4.78 is 0. The summed E-state index contributed by atoms with van der Waals surface area (Å²) in [4.78, 5) is 27.6. The van der Waals surface area contributed by atoms with Crippen molar-refractivity contribution in [3.63, 3.8) is 0 Å². The van der Waals surface area contributed by atoms with Gasteiger partial charge in [0.15, 0.2) is 0 Å². The summed E-state index contributed by atoms with van der Waals surface area (Å²) in [7, 11) is 3.99. The molecule has 2 N–H and O–H groups in total. The van der Waals surface area contributed by atoms with Crippen LogP contribution in [0.25, 0.3) is 0 Å². The molecule has 2 amide bonds. The molecule has 0 saturated heterocycles.